The van der Waals surface area contributed by atoms with Crippen molar-refractivity contribution in [2.75, 3.05) is 57.4 Å². The van der Waals surface area contributed by atoms with Gasteiger partial charge in [0, 0.05) is 92.3 Å². The van der Waals surface area contributed by atoms with Crippen LogP contribution in [0.3, 0.4) is 0 Å². The number of rotatable bonds is 11. The lowest BCUT2D eigenvalue weighted by Gasteiger charge is -2.39. The highest BCUT2D eigenvalue weighted by Crippen LogP contribution is 2.44. The molecule has 2 fully saturated rings. The number of nitro groups is 1. The highest BCUT2D eigenvalue weighted by Gasteiger charge is 2.36. The van der Waals surface area contributed by atoms with Gasteiger partial charge in [-0.2, -0.15) is 0 Å². The van der Waals surface area contributed by atoms with Crippen molar-refractivity contribution in [2.24, 2.45) is 17.3 Å². The van der Waals surface area contributed by atoms with Crippen LogP contribution in [0.25, 0.3) is 16.6 Å². The Bertz CT molecular complexity index is 2690. The monoisotopic (exact) mass is 894 g/mol. The molecular weight excluding hydrogens is 844 g/mol. The number of ether oxygens (including phenoxy) is 3. The SMILES string of the molecule is CC1(C)CCC(CN2CCN(c3ccc(C(=O)NS(=O)(=O)c4cc5c(c([N+](=O)[O-])c4)CC(C4CCOCC4)CO5)c(Oc4cnc5[nH]ccc5c4)c3)CC2)=C(c2ccc(Cl)cc2)C1. The van der Waals surface area contributed by atoms with Gasteiger partial charge >= 0.3 is 0 Å². The molecule has 1 amide bonds. The molecule has 330 valence electrons. The number of sulfonamides is 1. The number of allylic oxidation sites excluding steroid dienone is 1. The molecule has 2 aromatic heterocycles. The summed E-state index contributed by atoms with van der Waals surface area (Å²) in [5.41, 5.74) is 5.75. The standard InChI is InChI=1S/C47H51ClN6O8S/c1-47(2)13-9-33(41(26-47)31-3-5-35(48)6-4-31)28-52-15-17-53(18-16-52)36-7-8-39(44(23-36)62-37-21-32-10-14-49-45(32)50-27-37)46(55)51-63(58,59)38-24-42(54(56)57)40-22-34(29-61-43(40)25-38)30-11-19-60-20-12-30/h3-8,10,14,21,23-25,27,30,34H,9,11-13,15-20,22,26,28-29H2,1-2H3,(H,49,50)(H,51,55). The van der Waals surface area contributed by atoms with Crippen molar-refractivity contribution in [1.82, 2.24) is 19.6 Å². The number of carbonyl (C=O) groups excluding carboxylic acids is 1. The van der Waals surface area contributed by atoms with Crippen LogP contribution in [0.2, 0.25) is 5.02 Å². The predicted octanol–water partition coefficient (Wildman–Crippen LogP) is 8.80. The number of hydrogen-bond donors (Lipinski definition) is 2. The van der Waals surface area contributed by atoms with Gasteiger partial charge in [0.05, 0.1) is 33.7 Å². The number of nitro benzene ring substituents is 1. The maximum atomic E-state index is 14.0. The van der Waals surface area contributed by atoms with Gasteiger partial charge in [0.2, 0.25) is 0 Å². The maximum absolute atomic E-state index is 14.0. The molecule has 0 radical (unpaired) electrons. The maximum Gasteiger partial charge on any atom is 0.277 e. The average Bonchev–Trinajstić information content (AvgIpc) is 3.75. The second-order valence-electron chi connectivity index (χ2n) is 17.9. The van der Waals surface area contributed by atoms with Crippen LogP contribution in [-0.2, 0) is 21.2 Å². The fourth-order valence-corrected chi connectivity index (χ4v) is 10.6. The molecule has 1 aliphatic carbocycles. The summed E-state index contributed by atoms with van der Waals surface area (Å²) < 4.78 is 47.8. The van der Waals surface area contributed by atoms with Crippen LogP contribution in [-0.4, -0.2) is 86.7 Å². The molecule has 1 atom stereocenters. The molecule has 9 rings (SSSR count). The first kappa shape index (κ1) is 42.8. The quantitative estimate of drug-likeness (QED) is 0.0960. The van der Waals surface area contributed by atoms with Gasteiger partial charge in [-0.05, 0) is 97.4 Å². The van der Waals surface area contributed by atoms with Crippen molar-refractivity contribution in [3.63, 3.8) is 0 Å². The normalized spacial score (nSPS) is 19.7. The molecule has 63 heavy (non-hydrogen) atoms. The zero-order valence-electron chi connectivity index (χ0n) is 35.4. The van der Waals surface area contributed by atoms with Crippen LogP contribution in [0.5, 0.6) is 17.2 Å². The van der Waals surface area contributed by atoms with Gasteiger partial charge in [-0.1, -0.05) is 43.2 Å². The Kier molecular flexibility index (Phi) is 12.0. The molecule has 4 aliphatic rings. The summed E-state index contributed by atoms with van der Waals surface area (Å²) in [6.07, 6.45) is 8.53. The third-order valence-electron chi connectivity index (χ3n) is 13.1. The number of benzene rings is 3. The Balaban J connectivity index is 0.947. The molecule has 14 nitrogen and oxygen atoms in total. The van der Waals surface area contributed by atoms with Gasteiger partial charge in [0.15, 0.2) is 0 Å². The second-order valence-corrected chi connectivity index (χ2v) is 20.0. The number of hydrogen-bond acceptors (Lipinski definition) is 11. The molecule has 2 N–H and O–H groups in total. The summed E-state index contributed by atoms with van der Waals surface area (Å²) >= 11 is 6.25. The predicted molar refractivity (Wildman–Crippen MR) is 241 cm³/mol. The van der Waals surface area contributed by atoms with Crippen LogP contribution >= 0.6 is 11.6 Å². The smallest absolute Gasteiger partial charge is 0.277 e. The van der Waals surface area contributed by atoms with Crippen LogP contribution in [0.15, 0.2) is 89.6 Å². The summed E-state index contributed by atoms with van der Waals surface area (Å²) in [6, 6.07) is 19.2. The van der Waals surface area contributed by atoms with Gasteiger partial charge in [0.1, 0.15) is 22.9 Å². The molecule has 3 aromatic carbocycles. The van der Waals surface area contributed by atoms with Crippen LogP contribution in [0.4, 0.5) is 11.4 Å². The summed E-state index contributed by atoms with van der Waals surface area (Å²) in [5, 5.41) is 13.9. The van der Waals surface area contributed by atoms with Crippen molar-refractivity contribution in [2.45, 2.75) is 57.3 Å². The molecule has 0 bridgehead atoms. The first-order valence-corrected chi connectivity index (χ1v) is 23.4. The first-order chi connectivity index (χ1) is 30.3. The Morgan fingerprint density at radius 2 is 1.81 bits per heavy atom. The van der Waals surface area contributed by atoms with E-state index in [4.69, 9.17) is 25.8 Å². The van der Waals surface area contributed by atoms with Crippen molar-refractivity contribution in [1.29, 1.82) is 0 Å². The number of amides is 1. The zero-order valence-corrected chi connectivity index (χ0v) is 37.0. The number of H-pyrrole nitrogens is 1. The minimum Gasteiger partial charge on any atom is -0.493 e. The highest BCUT2D eigenvalue weighted by atomic mass is 35.5. The number of nitrogens with one attached hydrogen (secondary N) is 2. The Morgan fingerprint density at radius 1 is 1.03 bits per heavy atom. The van der Waals surface area contributed by atoms with Gasteiger partial charge in [-0.3, -0.25) is 19.8 Å². The largest absolute Gasteiger partial charge is 0.493 e. The van der Waals surface area contributed by atoms with Crippen molar-refractivity contribution >= 4 is 55.5 Å². The fraction of sp³-hybridized carbons (Fsp3) is 0.404. The molecule has 16 heteroatoms. The molecular formula is C47H51ClN6O8S. The minimum atomic E-state index is -4.62. The minimum absolute atomic E-state index is 0.0416. The number of halogens is 1. The second kappa shape index (κ2) is 17.6. The van der Waals surface area contributed by atoms with Gasteiger partial charge in [0.25, 0.3) is 21.6 Å². The van der Waals surface area contributed by atoms with Crippen molar-refractivity contribution in [3.8, 4) is 17.2 Å². The number of nitrogens with zero attached hydrogens (tertiary/aromatic N) is 4. The molecule has 2 saturated heterocycles. The van der Waals surface area contributed by atoms with Gasteiger partial charge in [-0.15, -0.1) is 0 Å². The van der Waals surface area contributed by atoms with Crippen LogP contribution in [0, 0.1) is 27.4 Å². The van der Waals surface area contributed by atoms with E-state index in [2.05, 4.69) is 50.5 Å². The highest BCUT2D eigenvalue weighted by molar-refractivity contribution is 7.90. The third kappa shape index (κ3) is 9.42. The average molecular weight is 895 g/mol. The first-order valence-electron chi connectivity index (χ1n) is 21.6. The molecule has 5 heterocycles. The number of carbonyl (C=O) groups is 1. The van der Waals surface area contributed by atoms with E-state index in [1.54, 1.807) is 30.5 Å². The van der Waals surface area contributed by atoms with E-state index in [1.807, 2.05) is 18.2 Å². The number of pyridine rings is 1. The van der Waals surface area contributed by atoms with E-state index < -0.39 is 25.7 Å². The van der Waals surface area contributed by atoms with E-state index in [0.717, 1.165) is 87.0 Å². The van der Waals surface area contributed by atoms with Crippen molar-refractivity contribution < 1.29 is 32.3 Å². The number of piperazine rings is 1. The van der Waals surface area contributed by atoms with Gasteiger partial charge in [-0.25, -0.2) is 18.1 Å². The van der Waals surface area contributed by atoms with Gasteiger partial charge < -0.3 is 24.1 Å². The number of aromatic nitrogens is 2. The Labute approximate surface area is 371 Å². The van der Waals surface area contributed by atoms with E-state index in [1.165, 1.54) is 29.0 Å². The van der Waals surface area contributed by atoms with E-state index >= 15 is 0 Å². The molecule has 0 spiro atoms. The van der Waals surface area contributed by atoms with Crippen molar-refractivity contribution in [3.05, 3.63) is 117 Å². The topological polar surface area (TPSA) is 169 Å². The lowest BCUT2D eigenvalue weighted by molar-refractivity contribution is -0.386. The Morgan fingerprint density at radius 3 is 2.57 bits per heavy atom. The number of aromatic amines is 1. The molecule has 5 aromatic rings. The van der Waals surface area contributed by atoms with Crippen LogP contribution in [0.1, 0.15) is 67.4 Å². The van der Waals surface area contributed by atoms with E-state index in [0.29, 0.717) is 43.2 Å². The fourth-order valence-electron chi connectivity index (χ4n) is 9.48. The van der Waals surface area contributed by atoms with E-state index in [9.17, 15) is 23.3 Å². The third-order valence-corrected chi connectivity index (χ3v) is 14.7. The lowest BCUT2D eigenvalue weighted by atomic mass is 9.72. The lowest BCUT2D eigenvalue weighted by Crippen LogP contribution is -2.47. The number of fused-ring (bicyclic) bond motifs is 2. The van der Waals surface area contributed by atoms with E-state index in [-0.39, 0.29) is 40.0 Å². The molecule has 3 aliphatic heterocycles. The summed E-state index contributed by atoms with van der Waals surface area (Å²) in [5.74, 6) is -0.0269. The molecule has 0 saturated carbocycles. The zero-order chi connectivity index (χ0) is 43.9. The summed E-state index contributed by atoms with van der Waals surface area (Å²) in [6.45, 7) is 10.2. The molecule has 1 unspecified atom stereocenters. The Hall–Kier alpha value is -5.48. The summed E-state index contributed by atoms with van der Waals surface area (Å²) in [7, 11) is -4.62. The number of anilines is 1. The van der Waals surface area contributed by atoms with Crippen LogP contribution < -0.4 is 19.1 Å². The summed E-state index contributed by atoms with van der Waals surface area (Å²) in [4.78, 5) is 37.5.